The molecule has 1 aliphatic rings. The molecule has 5 nitrogen and oxygen atoms in total. The predicted octanol–water partition coefficient (Wildman–Crippen LogP) is 2.39. The fourth-order valence-electron chi connectivity index (χ4n) is 2.24. The number of carbonyl (C=O) groups excluding carboxylic acids is 1. The van der Waals surface area contributed by atoms with E-state index in [0.717, 1.165) is 17.9 Å². The second-order valence-electron chi connectivity index (χ2n) is 6.69. The molecule has 0 radical (unpaired) electrons. The zero-order valence-corrected chi connectivity index (χ0v) is 13.6. The van der Waals surface area contributed by atoms with Crippen molar-refractivity contribution in [1.29, 1.82) is 0 Å². The van der Waals surface area contributed by atoms with Crippen molar-refractivity contribution < 1.29 is 14.6 Å². The van der Waals surface area contributed by atoms with Gasteiger partial charge in [-0.25, -0.2) is 4.79 Å². The standard InChI is InChI=1S/C17H26N2O3/c1-17(2,21)12-19(3)16(20)18-10-14-6-4-5-7-15(14)22-11-13-8-9-13/h4-7,13,21H,8-12H2,1-3H3,(H,18,20). The quantitative estimate of drug-likeness (QED) is 0.813. The van der Waals surface area contributed by atoms with E-state index in [1.54, 1.807) is 20.9 Å². The van der Waals surface area contributed by atoms with Crippen molar-refractivity contribution in [2.45, 2.75) is 38.8 Å². The van der Waals surface area contributed by atoms with Crippen LogP contribution in [0.5, 0.6) is 5.75 Å². The van der Waals surface area contributed by atoms with Gasteiger partial charge in [0.1, 0.15) is 5.75 Å². The van der Waals surface area contributed by atoms with Crippen molar-refractivity contribution in [1.82, 2.24) is 10.2 Å². The van der Waals surface area contributed by atoms with E-state index in [2.05, 4.69) is 5.32 Å². The van der Waals surface area contributed by atoms with Crippen LogP contribution in [0.4, 0.5) is 4.79 Å². The molecule has 5 heteroatoms. The van der Waals surface area contributed by atoms with Gasteiger partial charge in [-0.15, -0.1) is 0 Å². The molecular formula is C17H26N2O3. The monoisotopic (exact) mass is 306 g/mol. The molecule has 22 heavy (non-hydrogen) atoms. The summed E-state index contributed by atoms with van der Waals surface area (Å²) in [5, 5.41) is 12.6. The van der Waals surface area contributed by atoms with E-state index < -0.39 is 5.60 Å². The molecule has 2 amide bonds. The Bertz CT molecular complexity index is 507. The van der Waals surface area contributed by atoms with Crippen LogP contribution in [0.2, 0.25) is 0 Å². The Kier molecular flexibility index (Phi) is 5.29. The van der Waals surface area contributed by atoms with Gasteiger partial charge in [-0.05, 0) is 38.7 Å². The van der Waals surface area contributed by atoms with Crippen molar-refractivity contribution >= 4 is 6.03 Å². The number of hydrogen-bond donors (Lipinski definition) is 2. The third-order valence-corrected chi connectivity index (χ3v) is 3.54. The average Bonchev–Trinajstić information content (AvgIpc) is 3.25. The number of nitrogens with one attached hydrogen (secondary N) is 1. The molecule has 1 fully saturated rings. The van der Waals surface area contributed by atoms with Gasteiger partial charge in [-0.2, -0.15) is 0 Å². The molecule has 0 heterocycles. The van der Waals surface area contributed by atoms with Crippen molar-refractivity contribution in [3.8, 4) is 5.75 Å². The predicted molar refractivity (Wildman–Crippen MR) is 85.8 cm³/mol. The topological polar surface area (TPSA) is 61.8 Å². The number of aliphatic hydroxyl groups is 1. The van der Waals surface area contributed by atoms with Crippen LogP contribution in [0.3, 0.4) is 0 Å². The minimum absolute atomic E-state index is 0.209. The van der Waals surface area contributed by atoms with Gasteiger partial charge in [0.25, 0.3) is 0 Å². The fraction of sp³-hybridized carbons (Fsp3) is 0.588. The maximum absolute atomic E-state index is 12.0. The van der Waals surface area contributed by atoms with Gasteiger partial charge in [0.05, 0.1) is 18.8 Å². The van der Waals surface area contributed by atoms with Crippen LogP contribution in [0.25, 0.3) is 0 Å². The van der Waals surface area contributed by atoms with Gasteiger partial charge in [-0.3, -0.25) is 0 Å². The van der Waals surface area contributed by atoms with E-state index in [4.69, 9.17) is 4.74 Å². The highest BCUT2D eigenvalue weighted by atomic mass is 16.5. The van der Waals surface area contributed by atoms with E-state index in [-0.39, 0.29) is 12.6 Å². The summed E-state index contributed by atoms with van der Waals surface area (Å²) in [4.78, 5) is 13.5. The Hall–Kier alpha value is -1.75. The summed E-state index contributed by atoms with van der Waals surface area (Å²) in [5.41, 5.74) is 0.0605. The maximum Gasteiger partial charge on any atom is 0.317 e. The zero-order valence-electron chi connectivity index (χ0n) is 13.6. The molecule has 1 aliphatic carbocycles. The van der Waals surface area contributed by atoms with Gasteiger partial charge >= 0.3 is 6.03 Å². The Balaban J connectivity index is 1.86. The normalized spacial score (nSPS) is 14.5. The Labute approximate surface area is 132 Å². The number of nitrogens with zero attached hydrogens (tertiary/aromatic N) is 1. The highest BCUT2D eigenvalue weighted by Gasteiger charge is 2.22. The molecular weight excluding hydrogens is 280 g/mol. The van der Waals surface area contributed by atoms with Gasteiger partial charge in [-0.1, -0.05) is 18.2 Å². The first kappa shape index (κ1) is 16.6. The maximum atomic E-state index is 12.0. The third kappa shape index (κ3) is 5.56. The number of rotatable bonds is 7. The van der Waals surface area contributed by atoms with Gasteiger partial charge in [0.2, 0.25) is 0 Å². The lowest BCUT2D eigenvalue weighted by atomic mass is 10.1. The zero-order chi connectivity index (χ0) is 16.2. The summed E-state index contributed by atoms with van der Waals surface area (Å²) in [6.45, 7) is 4.80. The highest BCUT2D eigenvalue weighted by Crippen LogP contribution is 2.30. The number of carbonyl (C=O) groups is 1. The van der Waals surface area contributed by atoms with Crippen LogP contribution >= 0.6 is 0 Å². The number of benzene rings is 1. The van der Waals surface area contributed by atoms with E-state index in [0.29, 0.717) is 12.5 Å². The van der Waals surface area contributed by atoms with Crippen LogP contribution in [0.15, 0.2) is 24.3 Å². The van der Waals surface area contributed by atoms with Crippen LogP contribution in [-0.2, 0) is 6.54 Å². The lowest BCUT2D eigenvalue weighted by Gasteiger charge is -2.25. The number of urea groups is 1. The molecule has 0 bridgehead atoms. The smallest absolute Gasteiger partial charge is 0.317 e. The number of hydrogen-bond acceptors (Lipinski definition) is 3. The summed E-state index contributed by atoms with van der Waals surface area (Å²) in [6, 6.07) is 7.56. The van der Waals surface area contributed by atoms with Crippen LogP contribution in [0.1, 0.15) is 32.3 Å². The van der Waals surface area contributed by atoms with Crippen LogP contribution in [0, 0.1) is 5.92 Å². The average molecular weight is 306 g/mol. The van der Waals surface area contributed by atoms with Gasteiger partial charge < -0.3 is 20.1 Å². The first-order chi connectivity index (χ1) is 10.3. The number of ether oxygens (including phenoxy) is 1. The number of likely N-dealkylation sites (N-methyl/N-ethyl adjacent to an activating group) is 1. The van der Waals surface area contributed by atoms with Gasteiger partial charge in [0, 0.05) is 19.2 Å². The van der Waals surface area contributed by atoms with E-state index in [1.165, 1.54) is 17.7 Å². The summed E-state index contributed by atoms with van der Waals surface area (Å²) in [6.07, 6.45) is 2.50. The molecule has 1 aromatic rings. The molecule has 1 saturated carbocycles. The first-order valence-electron chi connectivity index (χ1n) is 7.77. The first-order valence-corrected chi connectivity index (χ1v) is 7.77. The molecule has 1 aromatic carbocycles. The third-order valence-electron chi connectivity index (χ3n) is 3.54. The summed E-state index contributed by atoms with van der Waals surface area (Å²) < 4.78 is 5.83. The SMILES string of the molecule is CN(CC(C)(C)O)C(=O)NCc1ccccc1OCC1CC1. The molecule has 0 atom stereocenters. The molecule has 0 spiro atoms. The number of amides is 2. The molecule has 0 aromatic heterocycles. The molecule has 2 N–H and O–H groups in total. The van der Waals surface area contributed by atoms with Gasteiger partial charge in [0.15, 0.2) is 0 Å². The van der Waals surface area contributed by atoms with Crippen molar-refractivity contribution in [3.05, 3.63) is 29.8 Å². The van der Waals surface area contributed by atoms with E-state index in [1.807, 2.05) is 24.3 Å². The van der Waals surface area contributed by atoms with E-state index in [9.17, 15) is 9.90 Å². The van der Waals surface area contributed by atoms with E-state index >= 15 is 0 Å². The van der Waals surface area contributed by atoms with Crippen molar-refractivity contribution in [2.24, 2.45) is 5.92 Å². The largest absolute Gasteiger partial charge is 0.493 e. The van der Waals surface area contributed by atoms with Crippen molar-refractivity contribution in [2.75, 3.05) is 20.2 Å². The minimum Gasteiger partial charge on any atom is -0.493 e. The summed E-state index contributed by atoms with van der Waals surface area (Å²) in [7, 11) is 1.67. The molecule has 2 rings (SSSR count). The molecule has 0 unspecified atom stereocenters. The second-order valence-corrected chi connectivity index (χ2v) is 6.69. The summed E-state index contributed by atoms with van der Waals surface area (Å²) in [5.74, 6) is 1.53. The van der Waals surface area contributed by atoms with Crippen LogP contribution in [-0.4, -0.2) is 41.8 Å². The minimum atomic E-state index is -0.905. The molecule has 122 valence electrons. The molecule has 0 aliphatic heterocycles. The lowest BCUT2D eigenvalue weighted by molar-refractivity contribution is 0.0531. The van der Waals surface area contributed by atoms with Crippen molar-refractivity contribution in [3.63, 3.8) is 0 Å². The Morgan fingerprint density at radius 2 is 2.09 bits per heavy atom. The fourth-order valence-corrected chi connectivity index (χ4v) is 2.24. The highest BCUT2D eigenvalue weighted by molar-refractivity contribution is 5.74. The van der Waals surface area contributed by atoms with Crippen LogP contribution < -0.4 is 10.1 Å². The Morgan fingerprint density at radius 1 is 1.41 bits per heavy atom. The second kappa shape index (κ2) is 7.01. The Morgan fingerprint density at radius 3 is 2.73 bits per heavy atom. The molecule has 0 saturated heterocycles. The number of para-hydroxylation sites is 1. The lowest BCUT2D eigenvalue weighted by Crippen LogP contribution is -2.44. The summed E-state index contributed by atoms with van der Waals surface area (Å²) >= 11 is 0.